The summed E-state index contributed by atoms with van der Waals surface area (Å²) in [5.41, 5.74) is 1.66. The monoisotopic (exact) mass is 396 g/mol. The second-order valence-corrected chi connectivity index (χ2v) is 7.26. The van der Waals surface area contributed by atoms with Gasteiger partial charge < -0.3 is 14.1 Å². The van der Waals surface area contributed by atoms with Gasteiger partial charge >= 0.3 is 0 Å². The predicted octanol–water partition coefficient (Wildman–Crippen LogP) is 4.90. The molecule has 1 saturated heterocycles. The zero-order valence-corrected chi connectivity index (χ0v) is 16.4. The molecular formula is C22H21ClN2O3. The first-order valence-electron chi connectivity index (χ1n) is 9.28. The maximum absolute atomic E-state index is 13.1. The maximum atomic E-state index is 13.1. The number of rotatable bonds is 5. The van der Waals surface area contributed by atoms with Gasteiger partial charge in [0.2, 0.25) is 5.89 Å². The Hall–Kier alpha value is -2.79. The number of nitrogens with zero attached hydrogens (tertiary/aromatic N) is 2. The number of amides is 1. The highest BCUT2D eigenvalue weighted by atomic mass is 35.5. The van der Waals surface area contributed by atoms with Gasteiger partial charge in [0.15, 0.2) is 0 Å². The number of halogens is 1. The van der Waals surface area contributed by atoms with Gasteiger partial charge in [0.05, 0.1) is 18.9 Å². The van der Waals surface area contributed by atoms with Crippen molar-refractivity contribution in [3.63, 3.8) is 0 Å². The molecule has 3 aromatic rings. The van der Waals surface area contributed by atoms with Gasteiger partial charge in [0.1, 0.15) is 17.6 Å². The molecule has 0 saturated carbocycles. The molecule has 1 fully saturated rings. The molecule has 2 aromatic carbocycles. The second-order valence-electron chi connectivity index (χ2n) is 6.82. The zero-order valence-electron chi connectivity index (χ0n) is 15.6. The Morgan fingerprint density at radius 3 is 2.82 bits per heavy atom. The Bertz CT molecular complexity index is 968. The fourth-order valence-corrected chi connectivity index (χ4v) is 3.73. The lowest BCUT2D eigenvalue weighted by atomic mass is 10.1. The first-order chi connectivity index (χ1) is 13.7. The molecule has 0 unspecified atom stereocenters. The molecule has 0 spiro atoms. The van der Waals surface area contributed by atoms with E-state index in [2.05, 4.69) is 4.98 Å². The third-order valence-corrected chi connectivity index (χ3v) is 5.25. The minimum Gasteiger partial charge on any atom is -0.496 e. The lowest BCUT2D eigenvalue weighted by Gasteiger charge is -2.23. The molecule has 1 atom stereocenters. The standard InChI is InChI=1S/C22H21ClN2O3/c1-27-20-7-3-2-5-18(20)22(26)25-12-4-6-19(25)21-24-14-17(28-21)13-15-8-10-16(23)11-9-15/h2-3,5,7-11,14,19H,4,6,12-13H2,1H3/t19-/m0/s1. The van der Waals surface area contributed by atoms with Crippen molar-refractivity contribution in [1.82, 2.24) is 9.88 Å². The summed E-state index contributed by atoms with van der Waals surface area (Å²) in [4.78, 5) is 19.4. The van der Waals surface area contributed by atoms with Gasteiger partial charge in [-0.2, -0.15) is 0 Å². The summed E-state index contributed by atoms with van der Waals surface area (Å²) in [5, 5.41) is 0.707. The zero-order chi connectivity index (χ0) is 19.5. The van der Waals surface area contributed by atoms with E-state index in [0.717, 1.165) is 24.2 Å². The van der Waals surface area contributed by atoms with Crippen molar-refractivity contribution in [2.45, 2.75) is 25.3 Å². The van der Waals surface area contributed by atoms with Gasteiger partial charge in [-0.1, -0.05) is 35.9 Å². The molecule has 1 amide bonds. The highest BCUT2D eigenvalue weighted by Gasteiger charge is 2.34. The van der Waals surface area contributed by atoms with Gasteiger partial charge in [-0.25, -0.2) is 4.98 Å². The molecule has 2 heterocycles. The number of ether oxygens (including phenoxy) is 1. The molecule has 144 valence electrons. The van der Waals surface area contributed by atoms with Gasteiger partial charge in [0.25, 0.3) is 5.91 Å². The summed E-state index contributed by atoms with van der Waals surface area (Å²) in [6.45, 7) is 0.677. The Balaban J connectivity index is 1.53. The van der Waals surface area contributed by atoms with Crippen LogP contribution in [0.2, 0.25) is 5.02 Å². The smallest absolute Gasteiger partial charge is 0.258 e. The minimum absolute atomic E-state index is 0.0580. The fraction of sp³-hybridized carbons (Fsp3) is 0.273. The summed E-state index contributed by atoms with van der Waals surface area (Å²) in [7, 11) is 1.57. The molecule has 6 heteroatoms. The van der Waals surface area contributed by atoms with Crippen LogP contribution in [0.25, 0.3) is 0 Å². The van der Waals surface area contributed by atoms with Crippen molar-refractivity contribution < 1.29 is 13.9 Å². The van der Waals surface area contributed by atoms with Crippen LogP contribution in [-0.2, 0) is 6.42 Å². The van der Waals surface area contributed by atoms with Crippen LogP contribution >= 0.6 is 11.6 Å². The van der Waals surface area contributed by atoms with Gasteiger partial charge in [-0.3, -0.25) is 4.79 Å². The highest BCUT2D eigenvalue weighted by Crippen LogP contribution is 2.34. The quantitative estimate of drug-likeness (QED) is 0.615. The number of oxazole rings is 1. The van der Waals surface area contributed by atoms with E-state index >= 15 is 0 Å². The first-order valence-corrected chi connectivity index (χ1v) is 9.66. The third kappa shape index (κ3) is 3.76. The lowest BCUT2D eigenvalue weighted by molar-refractivity contribution is 0.0711. The first kappa shape index (κ1) is 18.6. The van der Waals surface area contributed by atoms with E-state index in [4.69, 9.17) is 20.8 Å². The predicted molar refractivity (Wildman–Crippen MR) is 107 cm³/mol. The van der Waals surface area contributed by atoms with Gasteiger partial charge in [-0.05, 0) is 42.7 Å². The lowest BCUT2D eigenvalue weighted by Crippen LogP contribution is -2.31. The van der Waals surface area contributed by atoms with Gasteiger partial charge in [0, 0.05) is 18.0 Å². The van der Waals surface area contributed by atoms with E-state index in [1.807, 2.05) is 41.3 Å². The summed E-state index contributed by atoms with van der Waals surface area (Å²) < 4.78 is 11.4. The Morgan fingerprint density at radius 2 is 2.04 bits per heavy atom. The number of hydrogen-bond acceptors (Lipinski definition) is 4. The topological polar surface area (TPSA) is 55.6 Å². The molecular weight excluding hydrogens is 376 g/mol. The largest absolute Gasteiger partial charge is 0.496 e. The van der Waals surface area contributed by atoms with Crippen molar-refractivity contribution in [3.05, 3.63) is 82.5 Å². The molecule has 28 heavy (non-hydrogen) atoms. The molecule has 1 aliphatic heterocycles. The number of aromatic nitrogens is 1. The van der Waals surface area contributed by atoms with E-state index in [-0.39, 0.29) is 11.9 Å². The number of benzene rings is 2. The van der Waals surface area contributed by atoms with Crippen molar-refractivity contribution in [3.8, 4) is 5.75 Å². The molecule has 1 aromatic heterocycles. The van der Waals surface area contributed by atoms with Crippen molar-refractivity contribution in [1.29, 1.82) is 0 Å². The van der Waals surface area contributed by atoms with E-state index in [9.17, 15) is 4.79 Å². The van der Waals surface area contributed by atoms with Crippen LogP contribution in [0.1, 0.15) is 46.5 Å². The summed E-state index contributed by atoms with van der Waals surface area (Å²) in [6.07, 6.45) is 4.13. The SMILES string of the molecule is COc1ccccc1C(=O)N1CCC[C@H]1c1ncc(Cc2ccc(Cl)cc2)o1. The van der Waals surface area contributed by atoms with Crippen molar-refractivity contribution in [2.75, 3.05) is 13.7 Å². The van der Waals surface area contributed by atoms with Crippen LogP contribution < -0.4 is 4.74 Å². The number of methoxy groups -OCH3 is 1. The Kier molecular flexibility index (Phi) is 5.35. The van der Waals surface area contributed by atoms with Crippen LogP contribution in [0.3, 0.4) is 0 Å². The van der Waals surface area contributed by atoms with Gasteiger partial charge in [-0.15, -0.1) is 0 Å². The molecule has 0 radical (unpaired) electrons. The molecule has 0 aliphatic carbocycles. The average molecular weight is 397 g/mol. The minimum atomic E-state index is -0.156. The Labute approximate surface area is 168 Å². The molecule has 0 N–H and O–H groups in total. The van der Waals surface area contributed by atoms with Crippen LogP contribution in [0.15, 0.2) is 59.1 Å². The average Bonchev–Trinajstić information content (AvgIpc) is 3.38. The highest BCUT2D eigenvalue weighted by molar-refractivity contribution is 6.30. The maximum Gasteiger partial charge on any atom is 0.258 e. The number of carbonyl (C=O) groups is 1. The number of likely N-dealkylation sites (tertiary alicyclic amines) is 1. The van der Waals surface area contributed by atoms with Crippen LogP contribution in [0, 0.1) is 0 Å². The summed E-state index contributed by atoms with van der Waals surface area (Å²) >= 11 is 5.94. The van der Waals surface area contributed by atoms with Crippen LogP contribution in [0.4, 0.5) is 0 Å². The number of carbonyl (C=O) groups excluding carboxylic acids is 1. The van der Waals surface area contributed by atoms with E-state index in [1.165, 1.54) is 0 Å². The summed E-state index contributed by atoms with van der Waals surface area (Å²) in [5.74, 6) is 1.88. The second kappa shape index (κ2) is 8.07. The third-order valence-electron chi connectivity index (χ3n) is 5.00. The van der Waals surface area contributed by atoms with E-state index < -0.39 is 0 Å². The Morgan fingerprint density at radius 1 is 1.25 bits per heavy atom. The summed E-state index contributed by atoms with van der Waals surface area (Å²) in [6, 6.07) is 14.8. The molecule has 4 rings (SSSR count). The van der Waals surface area contributed by atoms with Crippen LogP contribution in [0.5, 0.6) is 5.75 Å². The molecule has 0 bridgehead atoms. The number of hydrogen-bond donors (Lipinski definition) is 0. The fourth-order valence-electron chi connectivity index (χ4n) is 3.60. The number of para-hydroxylation sites is 1. The molecule has 5 nitrogen and oxygen atoms in total. The van der Waals surface area contributed by atoms with E-state index in [1.54, 1.807) is 25.4 Å². The van der Waals surface area contributed by atoms with E-state index in [0.29, 0.717) is 35.2 Å². The van der Waals surface area contributed by atoms with Crippen LogP contribution in [-0.4, -0.2) is 29.4 Å². The van der Waals surface area contributed by atoms with Crippen molar-refractivity contribution >= 4 is 17.5 Å². The normalized spacial score (nSPS) is 16.4. The van der Waals surface area contributed by atoms with Crippen molar-refractivity contribution in [2.24, 2.45) is 0 Å². The molecule has 1 aliphatic rings.